The second kappa shape index (κ2) is 5.68. The fraction of sp³-hybridized carbons (Fsp3) is 0.429. The van der Waals surface area contributed by atoms with Crippen LogP contribution in [-0.4, -0.2) is 48.3 Å². The molecule has 1 N–H and O–H groups in total. The van der Waals surface area contributed by atoms with Crippen LogP contribution < -0.4 is 0 Å². The lowest BCUT2D eigenvalue weighted by Gasteiger charge is -2.16. The molecule has 1 aromatic heterocycles. The van der Waals surface area contributed by atoms with E-state index in [1.807, 2.05) is 18.2 Å². The fourth-order valence-corrected chi connectivity index (χ4v) is 3.66. The molecule has 0 aliphatic carbocycles. The first-order valence-corrected chi connectivity index (χ1v) is 8.58. The van der Waals surface area contributed by atoms with E-state index in [-0.39, 0.29) is 12.3 Å². The van der Waals surface area contributed by atoms with Crippen LogP contribution in [-0.2, 0) is 21.4 Å². The van der Waals surface area contributed by atoms with E-state index in [4.69, 9.17) is 0 Å². The minimum atomic E-state index is -4.53. The van der Waals surface area contributed by atoms with Crippen LogP contribution in [0.1, 0.15) is 12.0 Å². The molecule has 1 amide bonds. The number of halogens is 1. The van der Waals surface area contributed by atoms with Gasteiger partial charge in [-0.2, -0.15) is 13.5 Å². The zero-order chi connectivity index (χ0) is 15.7. The van der Waals surface area contributed by atoms with Gasteiger partial charge in [0.2, 0.25) is 5.91 Å². The van der Waals surface area contributed by atoms with E-state index in [0.717, 1.165) is 16.5 Å². The van der Waals surface area contributed by atoms with Crippen molar-refractivity contribution in [2.45, 2.75) is 12.8 Å². The third-order valence-corrected chi connectivity index (χ3v) is 4.77. The quantitative estimate of drug-likeness (QED) is 0.839. The second-order valence-corrected chi connectivity index (χ2v) is 7.07. The maximum atomic E-state index is 12.7. The fourth-order valence-electron chi connectivity index (χ4n) is 2.87. The molecule has 22 heavy (non-hydrogen) atoms. The van der Waals surface area contributed by atoms with Crippen molar-refractivity contribution in [3.05, 3.63) is 30.0 Å². The maximum Gasteiger partial charge on any atom is 0.302 e. The smallest absolute Gasteiger partial charge is 0.302 e. The third kappa shape index (κ3) is 3.44. The molecule has 1 aromatic carbocycles. The standard InChI is InChI=1S/C14H16FN3O3S/c15-22(20,21)9-11-6-14(19)18(8-11)4-3-10-1-2-13-12(5-10)7-16-17-13/h1-2,5,7,11H,3-4,6,8-9H2,(H,16,17). The first-order valence-electron chi connectivity index (χ1n) is 7.03. The topological polar surface area (TPSA) is 83.1 Å². The number of aromatic nitrogens is 2. The van der Waals surface area contributed by atoms with Crippen LogP contribution in [0.15, 0.2) is 24.4 Å². The van der Waals surface area contributed by atoms with Crippen LogP contribution >= 0.6 is 0 Å². The molecular weight excluding hydrogens is 309 g/mol. The maximum absolute atomic E-state index is 12.7. The van der Waals surface area contributed by atoms with Gasteiger partial charge in [-0.3, -0.25) is 9.89 Å². The molecule has 1 saturated heterocycles. The van der Waals surface area contributed by atoms with E-state index in [0.29, 0.717) is 19.5 Å². The van der Waals surface area contributed by atoms with Crippen molar-refractivity contribution in [2.24, 2.45) is 5.92 Å². The zero-order valence-electron chi connectivity index (χ0n) is 11.8. The number of benzene rings is 1. The molecule has 1 aliphatic rings. The Hall–Kier alpha value is -1.96. The summed E-state index contributed by atoms with van der Waals surface area (Å²) in [5, 5.41) is 7.83. The molecule has 2 aromatic rings. The van der Waals surface area contributed by atoms with Gasteiger partial charge in [0.05, 0.1) is 17.5 Å². The number of hydrogen-bond acceptors (Lipinski definition) is 4. The Morgan fingerprint density at radius 3 is 3.00 bits per heavy atom. The van der Waals surface area contributed by atoms with E-state index in [9.17, 15) is 17.1 Å². The largest absolute Gasteiger partial charge is 0.342 e. The lowest BCUT2D eigenvalue weighted by Crippen LogP contribution is -2.28. The summed E-state index contributed by atoms with van der Waals surface area (Å²) in [6.45, 7) is 0.807. The van der Waals surface area contributed by atoms with E-state index < -0.39 is 21.9 Å². The highest BCUT2D eigenvalue weighted by molar-refractivity contribution is 7.86. The number of hydrogen-bond donors (Lipinski definition) is 1. The molecule has 1 aliphatic heterocycles. The molecule has 0 spiro atoms. The Balaban J connectivity index is 1.60. The first kappa shape index (κ1) is 15.0. The van der Waals surface area contributed by atoms with Gasteiger partial charge in [0.1, 0.15) is 0 Å². The summed E-state index contributed by atoms with van der Waals surface area (Å²) in [5.74, 6) is -1.13. The highest BCUT2D eigenvalue weighted by Crippen LogP contribution is 2.21. The predicted molar refractivity (Wildman–Crippen MR) is 79.4 cm³/mol. The summed E-state index contributed by atoms with van der Waals surface area (Å²) >= 11 is 0. The summed E-state index contributed by atoms with van der Waals surface area (Å²) in [5.41, 5.74) is 2.03. The van der Waals surface area contributed by atoms with Gasteiger partial charge in [0.25, 0.3) is 0 Å². The lowest BCUT2D eigenvalue weighted by atomic mass is 10.1. The Bertz CT molecular complexity index is 803. The SMILES string of the molecule is O=C1CC(CS(=O)(=O)F)CN1CCc1ccc2[nH]ncc2c1. The Morgan fingerprint density at radius 1 is 1.41 bits per heavy atom. The summed E-state index contributed by atoms with van der Waals surface area (Å²) in [7, 11) is -4.53. The van der Waals surface area contributed by atoms with Gasteiger partial charge in [-0.1, -0.05) is 6.07 Å². The monoisotopic (exact) mass is 325 g/mol. The summed E-state index contributed by atoms with van der Waals surface area (Å²) in [6.07, 6.45) is 2.51. The molecule has 8 heteroatoms. The average Bonchev–Trinajstić information content (AvgIpc) is 3.00. The summed E-state index contributed by atoms with van der Waals surface area (Å²) < 4.78 is 34.0. The van der Waals surface area contributed by atoms with Gasteiger partial charge < -0.3 is 4.90 Å². The van der Waals surface area contributed by atoms with E-state index in [2.05, 4.69) is 10.2 Å². The zero-order valence-corrected chi connectivity index (χ0v) is 12.6. The van der Waals surface area contributed by atoms with Crippen LogP contribution in [0.3, 0.4) is 0 Å². The molecule has 3 rings (SSSR count). The summed E-state index contributed by atoms with van der Waals surface area (Å²) in [6, 6.07) is 5.90. The Kier molecular flexibility index (Phi) is 3.86. The normalized spacial score (nSPS) is 19.2. The van der Waals surface area contributed by atoms with Crippen molar-refractivity contribution < 1.29 is 17.1 Å². The van der Waals surface area contributed by atoms with Crippen molar-refractivity contribution in [2.75, 3.05) is 18.8 Å². The molecule has 2 heterocycles. The van der Waals surface area contributed by atoms with E-state index in [1.165, 1.54) is 0 Å². The number of aromatic amines is 1. The van der Waals surface area contributed by atoms with Gasteiger partial charge in [0.15, 0.2) is 0 Å². The molecule has 1 atom stereocenters. The molecular formula is C14H16FN3O3S. The highest BCUT2D eigenvalue weighted by Gasteiger charge is 2.32. The predicted octanol–water partition coefficient (Wildman–Crippen LogP) is 1.25. The van der Waals surface area contributed by atoms with Gasteiger partial charge in [-0.25, -0.2) is 0 Å². The van der Waals surface area contributed by atoms with Gasteiger partial charge in [0, 0.05) is 30.8 Å². The average molecular weight is 325 g/mol. The number of likely N-dealkylation sites (tertiary alicyclic amines) is 1. The molecule has 0 radical (unpaired) electrons. The van der Waals surface area contributed by atoms with Crippen molar-refractivity contribution >= 4 is 27.0 Å². The van der Waals surface area contributed by atoms with Crippen molar-refractivity contribution in [3.8, 4) is 0 Å². The minimum absolute atomic E-state index is 0.101. The number of carbonyl (C=O) groups is 1. The number of fused-ring (bicyclic) bond motifs is 1. The molecule has 6 nitrogen and oxygen atoms in total. The number of rotatable bonds is 5. The van der Waals surface area contributed by atoms with E-state index >= 15 is 0 Å². The second-order valence-electron chi connectivity index (χ2n) is 5.66. The number of amides is 1. The van der Waals surface area contributed by atoms with Crippen LogP contribution in [0.25, 0.3) is 10.9 Å². The number of H-pyrrole nitrogens is 1. The molecule has 0 saturated carbocycles. The van der Waals surface area contributed by atoms with E-state index in [1.54, 1.807) is 11.1 Å². The van der Waals surface area contributed by atoms with Crippen molar-refractivity contribution in [1.82, 2.24) is 15.1 Å². The number of carbonyl (C=O) groups excluding carboxylic acids is 1. The summed E-state index contributed by atoms with van der Waals surface area (Å²) in [4.78, 5) is 13.5. The van der Waals surface area contributed by atoms with Crippen molar-refractivity contribution in [1.29, 1.82) is 0 Å². The highest BCUT2D eigenvalue weighted by atomic mass is 32.3. The van der Waals surface area contributed by atoms with Crippen molar-refractivity contribution in [3.63, 3.8) is 0 Å². The van der Waals surface area contributed by atoms with Crippen LogP contribution in [0.2, 0.25) is 0 Å². The Morgan fingerprint density at radius 2 is 2.23 bits per heavy atom. The Labute approximate surface area is 127 Å². The van der Waals surface area contributed by atoms with Gasteiger partial charge >= 0.3 is 10.2 Å². The van der Waals surface area contributed by atoms with Crippen LogP contribution in [0.5, 0.6) is 0 Å². The molecule has 118 valence electrons. The van der Waals surface area contributed by atoms with Crippen LogP contribution in [0, 0.1) is 5.92 Å². The number of nitrogens with one attached hydrogen (secondary N) is 1. The van der Waals surface area contributed by atoms with Gasteiger partial charge in [-0.15, -0.1) is 3.89 Å². The molecule has 0 bridgehead atoms. The number of nitrogens with zero attached hydrogens (tertiary/aromatic N) is 2. The molecule has 1 fully saturated rings. The van der Waals surface area contributed by atoms with Gasteiger partial charge in [-0.05, 0) is 24.1 Å². The van der Waals surface area contributed by atoms with Crippen LogP contribution in [0.4, 0.5) is 3.89 Å². The minimum Gasteiger partial charge on any atom is -0.342 e. The third-order valence-electron chi connectivity index (χ3n) is 3.90. The molecule has 1 unspecified atom stereocenters. The lowest BCUT2D eigenvalue weighted by molar-refractivity contribution is -0.127. The first-order chi connectivity index (χ1) is 10.4.